The van der Waals surface area contributed by atoms with Gasteiger partial charge in [0.15, 0.2) is 0 Å². The zero-order valence-corrected chi connectivity index (χ0v) is 12.1. The van der Waals surface area contributed by atoms with Gasteiger partial charge in [-0.15, -0.1) is 0 Å². The fourth-order valence-electron chi connectivity index (χ4n) is 2.18. The minimum Gasteiger partial charge on any atom is -0.497 e. The molecule has 0 unspecified atom stereocenters. The number of morpholine rings is 1. The Balaban J connectivity index is 1.81. The fraction of sp³-hybridized carbons (Fsp3) is 0.533. The number of amides is 1. The Bertz CT molecular complexity index is 427. The smallest absolute Gasteiger partial charge is 0.236 e. The molecule has 20 heavy (non-hydrogen) atoms. The monoisotopic (exact) mass is 278 g/mol. The van der Waals surface area contributed by atoms with Crippen LogP contribution in [0.25, 0.3) is 0 Å². The molecule has 0 radical (unpaired) electrons. The zero-order chi connectivity index (χ0) is 14.4. The number of hydrogen-bond acceptors (Lipinski definition) is 4. The first-order valence-electron chi connectivity index (χ1n) is 6.93. The lowest BCUT2D eigenvalue weighted by Crippen LogP contribution is -2.45. The van der Waals surface area contributed by atoms with E-state index in [2.05, 4.69) is 12.2 Å². The fourth-order valence-corrected chi connectivity index (χ4v) is 2.18. The van der Waals surface area contributed by atoms with Crippen LogP contribution in [0.5, 0.6) is 5.75 Å². The Morgan fingerprint density at radius 2 is 2.00 bits per heavy atom. The molecule has 1 saturated heterocycles. The molecule has 0 saturated carbocycles. The Morgan fingerprint density at radius 1 is 1.35 bits per heavy atom. The highest BCUT2D eigenvalue weighted by Crippen LogP contribution is 2.17. The van der Waals surface area contributed by atoms with Crippen LogP contribution in [0.4, 0.5) is 0 Å². The molecule has 5 nitrogen and oxygen atoms in total. The van der Waals surface area contributed by atoms with Crippen LogP contribution in [0.3, 0.4) is 0 Å². The van der Waals surface area contributed by atoms with E-state index in [0.29, 0.717) is 32.8 Å². The average Bonchev–Trinajstić information content (AvgIpc) is 2.53. The van der Waals surface area contributed by atoms with E-state index < -0.39 is 0 Å². The first-order chi connectivity index (χ1) is 9.70. The molecule has 1 atom stereocenters. The van der Waals surface area contributed by atoms with E-state index in [0.717, 1.165) is 11.3 Å². The normalized spacial score (nSPS) is 16.8. The molecule has 1 aliphatic rings. The van der Waals surface area contributed by atoms with Crippen molar-refractivity contribution in [3.05, 3.63) is 29.8 Å². The highest BCUT2D eigenvalue weighted by atomic mass is 16.5. The molecule has 1 N–H and O–H groups in total. The van der Waals surface area contributed by atoms with Gasteiger partial charge in [-0.05, 0) is 24.6 Å². The minimum absolute atomic E-state index is 0.130. The summed E-state index contributed by atoms with van der Waals surface area (Å²) in [6, 6.07) is 8.01. The number of nitrogens with one attached hydrogen (secondary N) is 1. The minimum atomic E-state index is 0.130. The van der Waals surface area contributed by atoms with Crippen molar-refractivity contribution in [2.24, 2.45) is 0 Å². The zero-order valence-electron chi connectivity index (χ0n) is 12.1. The van der Waals surface area contributed by atoms with Crippen molar-refractivity contribution in [1.29, 1.82) is 0 Å². The van der Waals surface area contributed by atoms with Crippen molar-refractivity contribution < 1.29 is 14.3 Å². The molecule has 1 heterocycles. The van der Waals surface area contributed by atoms with Gasteiger partial charge in [0.1, 0.15) is 5.75 Å². The van der Waals surface area contributed by atoms with Crippen LogP contribution in [-0.4, -0.2) is 50.8 Å². The number of rotatable bonds is 5. The van der Waals surface area contributed by atoms with Crippen molar-refractivity contribution in [2.45, 2.75) is 13.0 Å². The summed E-state index contributed by atoms with van der Waals surface area (Å²) in [6.07, 6.45) is 0. The summed E-state index contributed by atoms with van der Waals surface area (Å²) in [5.74, 6) is 0.971. The summed E-state index contributed by atoms with van der Waals surface area (Å²) >= 11 is 0. The van der Waals surface area contributed by atoms with E-state index in [9.17, 15) is 4.79 Å². The number of carbonyl (C=O) groups excluding carboxylic acids is 1. The summed E-state index contributed by atoms with van der Waals surface area (Å²) in [5, 5.41) is 3.26. The highest BCUT2D eigenvalue weighted by molar-refractivity contribution is 5.78. The van der Waals surface area contributed by atoms with Crippen molar-refractivity contribution in [1.82, 2.24) is 10.2 Å². The van der Waals surface area contributed by atoms with Crippen molar-refractivity contribution in [3.63, 3.8) is 0 Å². The molecule has 0 aliphatic carbocycles. The molecule has 1 amide bonds. The summed E-state index contributed by atoms with van der Waals surface area (Å²) in [4.78, 5) is 13.9. The predicted molar refractivity (Wildman–Crippen MR) is 76.8 cm³/mol. The maximum Gasteiger partial charge on any atom is 0.236 e. The molecule has 1 aromatic rings. The van der Waals surface area contributed by atoms with Gasteiger partial charge in [-0.2, -0.15) is 0 Å². The van der Waals surface area contributed by atoms with E-state index >= 15 is 0 Å². The van der Waals surface area contributed by atoms with Gasteiger partial charge in [0.05, 0.1) is 26.9 Å². The topological polar surface area (TPSA) is 50.8 Å². The number of carbonyl (C=O) groups is 1. The third kappa shape index (κ3) is 3.95. The summed E-state index contributed by atoms with van der Waals surface area (Å²) in [7, 11) is 1.65. The van der Waals surface area contributed by atoms with Gasteiger partial charge >= 0.3 is 0 Å². The molecule has 1 aliphatic heterocycles. The Kier molecular flexibility index (Phi) is 5.38. The van der Waals surface area contributed by atoms with E-state index in [-0.39, 0.29) is 11.9 Å². The van der Waals surface area contributed by atoms with Crippen LogP contribution in [0.2, 0.25) is 0 Å². The van der Waals surface area contributed by atoms with Gasteiger partial charge in [0.2, 0.25) is 5.91 Å². The maximum atomic E-state index is 12.0. The van der Waals surface area contributed by atoms with E-state index in [4.69, 9.17) is 9.47 Å². The number of ether oxygens (including phenoxy) is 2. The van der Waals surface area contributed by atoms with E-state index in [1.807, 2.05) is 29.2 Å². The van der Waals surface area contributed by atoms with Crippen LogP contribution in [0, 0.1) is 0 Å². The molecule has 110 valence electrons. The Morgan fingerprint density at radius 3 is 2.60 bits per heavy atom. The second-order valence-corrected chi connectivity index (χ2v) is 4.87. The average molecular weight is 278 g/mol. The quantitative estimate of drug-likeness (QED) is 0.879. The first kappa shape index (κ1) is 14.8. The summed E-state index contributed by atoms with van der Waals surface area (Å²) < 4.78 is 10.4. The van der Waals surface area contributed by atoms with Crippen LogP contribution < -0.4 is 10.1 Å². The number of nitrogens with zero attached hydrogens (tertiary/aromatic N) is 1. The van der Waals surface area contributed by atoms with Crippen LogP contribution >= 0.6 is 0 Å². The number of benzene rings is 1. The summed E-state index contributed by atoms with van der Waals surface area (Å²) in [6.45, 7) is 5.07. The van der Waals surface area contributed by atoms with Crippen LogP contribution in [0.1, 0.15) is 18.5 Å². The van der Waals surface area contributed by atoms with E-state index in [1.165, 1.54) is 0 Å². The van der Waals surface area contributed by atoms with Gasteiger partial charge in [0, 0.05) is 19.1 Å². The van der Waals surface area contributed by atoms with Crippen LogP contribution in [-0.2, 0) is 9.53 Å². The van der Waals surface area contributed by atoms with Crippen molar-refractivity contribution in [3.8, 4) is 5.75 Å². The molecule has 1 fully saturated rings. The number of hydrogen-bond donors (Lipinski definition) is 1. The van der Waals surface area contributed by atoms with E-state index in [1.54, 1.807) is 7.11 Å². The molecule has 1 aromatic carbocycles. The van der Waals surface area contributed by atoms with Crippen LogP contribution in [0.15, 0.2) is 24.3 Å². The highest BCUT2D eigenvalue weighted by Gasteiger charge is 2.17. The second kappa shape index (κ2) is 7.26. The summed E-state index contributed by atoms with van der Waals surface area (Å²) in [5.41, 5.74) is 1.14. The van der Waals surface area contributed by atoms with Crippen molar-refractivity contribution in [2.75, 3.05) is 40.0 Å². The largest absolute Gasteiger partial charge is 0.497 e. The molecule has 2 rings (SSSR count). The third-order valence-electron chi connectivity index (χ3n) is 3.54. The third-order valence-corrected chi connectivity index (χ3v) is 3.54. The van der Waals surface area contributed by atoms with Gasteiger partial charge < -0.3 is 19.7 Å². The lowest BCUT2D eigenvalue weighted by molar-refractivity contribution is -0.134. The predicted octanol–water partition coefficient (Wildman–Crippen LogP) is 1.20. The molecule has 5 heteroatoms. The van der Waals surface area contributed by atoms with Gasteiger partial charge in [-0.25, -0.2) is 0 Å². The molecule has 0 bridgehead atoms. The number of methoxy groups -OCH3 is 1. The lowest BCUT2D eigenvalue weighted by atomic mass is 10.1. The van der Waals surface area contributed by atoms with Gasteiger partial charge in [-0.1, -0.05) is 12.1 Å². The standard InChI is InChI=1S/C15H22N2O3/c1-12(13-3-5-14(19-2)6-4-13)16-11-15(18)17-7-9-20-10-8-17/h3-6,12,16H,7-11H2,1-2H3/t12-/m1/s1. The second-order valence-electron chi connectivity index (χ2n) is 4.87. The van der Waals surface area contributed by atoms with Gasteiger partial charge in [0.25, 0.3) is 0 Å². The molecular weight excluding hydrogens is 256 g/mol. The molecular formula is C15H22N2O3. The Hall–Kier alpha value is -1.59. The maximum absolute atomic E-state index is 12.0. The molecule has 0 spiro atoms. The first-order valence-corrected chi connectivity index (χ1v) is 6.93. The molecule has 0 aromatic heterocycles. The Labute approximate surface area is 119 Å². The van der Waals surface area contributed by atoms with Gasteiger partial charge in [-0.3, -0.25) is 4.79 Å². The SMILES string of the molecule is COc1ccc([C@@H](C)NCC(=O)N2CCOCC2)cc1. The lowest BCUT2D eigenvalue weighted by Gasteiger charge is -2.27. The van der Waals surface area contributed by atoms with Crippen molar-refractivity contribution >= 4 is 5.91 Å².